The van der Waals surface area contributed by atoms with E-state index in [0.717, 1.165) is 24.2 Å². The van der Waals surface area contributed by atoms with E-state index in [4.69, 9.17) is 11.6 Å². The van der Waals surface area contributed by atoms with Crippen molar-refractivity contribution in [3.05, 3.63) is 64.7 Å². The van der Waals surface area contributed by atoms with Crippen LogP contribution in [0.3, 0.4) is 0 Å². The summed E-state index contributed by atoms with van der Waals surface area (Å²) in [4.78, 5) is 14.1. The number of carbonyl (C=O) groups is 1. The molecule has 1 N–H and O–H groups in total. The molecule has 2 rings (SSSR count). The average Bonchev–Trinajstić information content (AvgIpc) is 2.59. The molecule has 0 saturated carbocycles. The topological polar surface area (TPSA) is 44.7 Å². The summed E-state index contributed by atoms with van der Waals surface area (Å²) < 4.78 is 0. The first-order valence-electron chi connectivity index (χ1n) is 8.03. The largest absolute Gasteiger partial charge is 0.372 e. The predicted molar refractivity (Wildman–Crippen MR) is 101 cm³/mol. The standard InChI is InChI=1S/C19H22ClN3O/c1-3-23(4-2)18-11-7-16(8-12-18)14-21-22-19(24)13-15-5-9-17(20)10-6-15/h5-12,14H,3-4,13H2,1-2H3,(H,22,24)/b21-14-. The molecular formula is C19H22ClN3O. The molecule has 126 valence electrons. The molecule has 5 heteroatoms. The first-order valence-corrected chi connectivity index (χ1v) is 8.41. The van der Waals surface area contributed by atoms with Gasteiger partial charge >= 0.3 is 0 Å². The minimum Gasteiger partial charge on any atom is -0.372 e. The van der Waals surface area contributed by atoms with Gasteiger partial charge in [-0.25, -0.2) is 5.43 Å². The number of hydrogen-bond donors (Lipinski definition) is 1. The molecule has 1 amide bonds. The van der Waals surface area contributed by atoms with Crippen molar-refractivity contribution in [2.24, 2.45) is 5.10 Å². The third kappa shape index (κ3) is 5.39. The Morgan fingerprint density at radius 2 is 1.71 bits per heavy atom. The maximum atomic E-state index is 11.8. The third-order valence-electron chi connectivity index (χ3n) is 3.70. The lowest BCUT2D eigenvalue weighted by molar-refractivity contribution is -0.120. The Kier molecular flexibility index (Phi) is 6.82. The highest BCUT2D eigenvalue weighted by atomic mass is 35.5. The van der Waals surface area contributed by atoms with E-state index >= 15 is 0 Å². The zero-order valence-corrected chi connectivity index (χ0v) is 14.8. The van der Waals surface area contributed by atoms with Crippen molar-refractivity contribution in [1.82, 2.24) is 5.43 Å². The smallest absolute Gasteiger partial charge is 0.244 e. The van der Waals surface area contributed by atoms with E-state index in [9.17, 15) is 4.79 Å². The molecule has 4 nitrogen and oxygen atoms in total. The van der Waals surface area contributed by atoms with E-state index in [1.165, 1.54) is 5.69 Å². The molecule has 0 fully saturated rings. The number of rotatable bonds is 7. The van der Waals surface area contributed by atoms with Gasteiger partial charge < -0.3 is 4.90 Å². The summed E-state index contributed by atoms with van der Waals surface area (Å²) in [5.74, 6) is -0.159. The number of anilines is 1. The van der Waals surface area contributed by atoms with E-state index in [-0.39, 0.29) is 12.3 Å². The summed E-state index contributed by atoms with van der Waals surface area (Å²) in [5, 5.41) is 4.66. The van der Waals surface area contributed by atoms with Crippen molar-refractivity contribution in [3.63, 3.8) is 0 Å². The lowest BCUT2D eigenvalue weighted by Crippen LogP contribution is -2.21. The normalized spacial score (nSPS) is 10.8. The number of nitrogens with zero attached hydrogens (tertiary/aromatic N) is 2. The first kappa shape index (κ1) is 18.0. The number of benzene rings is 2. The second-order valence-corrected chi connectivity index (χ2v) is 5.80. The van der Waals surface area contributed by atoms with Crippen molar-refractivity contribution in [2.45, 2.75) is 20.3 Å². The Bertz CT molecular complexity index is 677. The molecule has 0 saturated heterocycles. The van der Waals surface area contributed by atoms with Gasteiger partial charge in [0.05, 0.1) is 12.6 Å². The van der Waals surface area contributed by atoms with Crippen LogP contribution in [0.2, 0.25) is 5.02 Å². The molecule has 0 aliphatic heterocycles. The molecular weight excluding hydrogens is 322 g/mol. The Labute approximate surface area is 148 Å². The van der Waals surface area contributed by atoms with Gasteiger partial charge in [0.1, 0.15) is 0 Å². The van der Waals surface area contributed by atoms with Gasteiger partial charge in [0, 0.05) is 23.8 Å². The fourth-order valence-corrected chi connectivity index (χ4v) is 2.49. The van der Waals surface area contributed by atoms with Gasteiger partial charge in [-0.15, -0.1) is 0 Å². The SMILES string of the molecule is CCN(CC)c1ccc(/C=N\NC(=O)Cc2ccc(Cl)cc2)cc1. The molecule has 0 aliphatic carbocycles. The molecule has 0 heterocycles. The van der Waals surface area contributed by atoms with E-state index < -0.39 is 0 Å². The second-order valence-electron chi connectivity index (χ2n) is 5.36. The number of nitrogens with one attached hydrogen (secondary N) is 1. The molecule has 0 unspecified atom stereocenters. The first-order chi connectivity index (χ1) is 11.6. The minimum atomic E-state index is -0.159. The molecule has 0 radical (unpaired) electrons. The minimum absolute atomic E-state index is 0.159. The third-order valence-corrected chi connectivity index (χ3v) is 3.95. The molecule has 24 heavy (non-hydrogen) atoms. The highest BCUT2D eigenvalue weighted by molar-refractivity contribution is 6.30. The van der Waals surface area contributed by atoms with Crippen LogP contribution >= 0.6 is 11.6 Å². The van der Waals surface area contributed by atoms with Crippen LogP contribution in [0.1, 0.15) is 25.0 Å². The lowest BCUT2D eigenvalue weighted by atomic mass is 10.1. The van der Waals surface area contributed by atoms with Crippen molar-refractivity contribution < 1.29 is 4.79 Å². The summed E-state index contributed by atoms with van der Waals surface area (Å²) in [5.41, 5.74) is 5.57. The number of hydrogen-bond acceptors (Lipinski definition) is 3. The summed E-state index contributed by atoms with van der Waals surface area (Å²) in [6.07, 6.45) is 1.92. The summed E-state index contributed by atoms with van der Waals surface area (Å²) in [6.45, 7) is 6.22. The Morgan fingerprint density at radius 1 is 1.08 bits per heavy atom. The van der Waals surface area contributed by atoms with Gasteiger partial charge in [-0.3, -0.25) is 4.79 Å². The van der Waals surface area contributed by atoms with Crippen molar-refractivity contribution in [1.29, 1.82) is 0 Å². The number of carbonyl (C=O) groups excluding carboxylic acids is 1. The number of halogens is 1. The number of amides is 1. The van der Waals surface area contributed by atoms with E-state index in [2.05, 4.69) is 41.4 Å². The van der Waals surface area contributed by atoms with Gasteiger partial charge in [0.15, 0.2) is 0 Å². The average molecular weight is 344 g/mol. The molecule has 0 spiro atoms. The molecule has 0 bridgehead atoms. The molecule has 2 aromatic carbocycles. The van der Waals surface area contributed by atoms with Gasteiger partial charge in [0.2, 0.25) is 5.91 Å². The van der Waals surface area contributed by atoms with Crippen molar-refractivity contribution >= 4 is 29.4 Å². The number of hydrazone groups is 1. The van der Waals surface area contributed by atoms with Crippen LogP contribution in [-0.4, -0.2) is 25.2 Å². The molecule has 0 aliphatic rings. The van der Waals surface area contributed by atoms with Crippen LogP contribution in [-0.2, 0) is 11.2 Å². The fourth-order valence-electron chi connectivity index (χ4n) is 2.37. The van der Waals surface area contributed by atoms with E-state index in [0.29, 0.717) is 5.02 Å². The van der Waals surface area contributed by atoms with E-state index in [1.807, 2.05) is 24.3 Å². The fraction of sp³-hybridized carbons (Fsp3) is 0.263. The van der Waals surface area contributed by atoms with Crippen LogP contribution in [0.5, 0.6) is 0 Å². The van der Waals surface area contributed by atoms with Gasteiger partial charge in [-0.2, -0.15) is 5.10 Å². The van der Waals surface area contributed by atoms with E-state index in [1.54, 1.807) is 18.3 Å². The van der Waals surface area contributed by atoms with Gasteiger partial charge in [-0.05, 0) is 49.2 Å². The predicted octanol–water partition coefficient (Wildman–Crippen LogP) is 3.88. The Hall–Kier alpha value is -2.33. The van der Waals surface area contributed by atoms with Crippen LogP contribution in [0, 0.1) is 0 Å². The van der Waals surface area contributed by atoms with Crippen LogP contribution < -0.4 is 10.3 Å². The van der Waals surface area contributed by atoms with Gasteiger partial charge in [0.25, 0.3) is 0 Å². The summed E-state index contributed by atoms with van der Waals surface area (Å²) >= 11 is 5.82. The quantitative estimate of drug-likeness (QED) is 0.612. The van der Waals surface area contributed by atoms with Crippen molar-refractivity contribution in [2.75, 3.05) is 18.0 Å². The Balaban J connectivity index is 1.86. The lowest BCUT2D eigenvalue weighted by Gasteiger charge is -2.20. The summed E-state index contributed by atoms with van der Waals surface area (Å²) in [7, 11) is 0. The monoisotopic (exact) mass is 343 g/mol. The zero-order chi connectivity index (χ0) is 17.4. The summed E-state index contributed by atoms with van der Waals surface area (Å²) in [6, 6.07) is 15.3. The van der Waals surface area contributed by atoms with Gasteiger partial charge in [-0.1, -0.05) is 35.9 Å². The zero-order valence-electron chi connectivity index (χ0n) is 14.0. The van der Waals surface area contributed by atoms with Crippen LogP contribution in [0.15, 0.2) is 53.6 Å². The van der Waals surface area contributed by atoms with Crippen LogP contribution in [0.25, 0.3) is 0 Å². The molecule has 2 aromatic rings. The maximum Gasteiger partial charge on any atom is 0.244 e. The Morgan fingerprint density at radius 3 is 2.29 bits per heavy atom. The van der Waals surface area contributed by atoms with Crippen LogP contribution in [0.4, 0.5) is 5.69 Å². The molecule has 0 atom stereocenters. The molecule has 0 aromatic heterocycles. The van der Waals surface area contributed by atoms with Crippen molar-refractivity contribution in [3.8, 4) is 0 Å². The second kappa shape index (κ2) is 9.08. The maximum absolute atomic E-state index is 11.8. The highest BCUT2D eigenvalue weighted by Gasteiger charge is 2.02. The highest BCUT2D eigenvalue weighted by Crippen LogP contribution is 2.14.